The molecule has 8 rings (SSSR count). The van der Waals surface area contributed by atoms with Crippen LogP contribution in [-0.2, 0) is 18.4 Å². The Labute approximate surface area is 309 Å². The summed E-state index contributed by atoms with van der Waals surface area (Å²) in [5.41, 5.74) is 1.87. The number of halogens is 1. The number of fused-ring (bicyclic) bond motifs is 1. The summed E-state index contributed by atoms with van der Waals surface area (Å²) in [4.78, 5) is 58.4. The van der Waals surface area contributed by atoms with Crippen LogP contribution in [0, 0.1) is 11.7 Å². The minimum atomic E-state index is -1.17. The van der Waals surface area contributed by atoms with Gasteiger partial charge in [0.25, 0.3) is 11.5 Å². The van der Waals surface area contributed by atoms with Crippen molar-refractivity contribution in [3.8, 4) is 21.6 Å². The van der Waals surface area contributed by atoms with Crippen LogP contribution >= 0.6 is 11.3 Å². The molecular weight excluding hydrogens is 694 g/mol. The minimum absolute atomic E-state index is 0.0243. The first kappa shape index (κ1) is 34.6. The summed E-state index contributed by atoms with van der Waals surface area (Å²) >= 11 is 1.13. The van der Waals surface area contributed by atoms with Gasteiger partial charge < -0.3 is 19.5 Å². The smallest absolute Gasteiger partial charge is 0.267 e. The Kier molecular flexibility index (Phi) is 9.21. The third-order valence-corrected chi connectivity index (χ3v) is 11.9. The van der Waals surface area contributed by atoms with E-state index in [1.165, 1.54) is 10.9 Å². The Morgan fingerprint density at radius 1 is 0.925 bits per heavy atom. The van der Waals surface area contributed by atoms with Gasteiger partial charge in [0.2, 0.25) is 5.91 Å². The number of hydrogen-bond donors (Lipinski definition) is 1. The van der Waals surface area contributed by atoms with Gasteiger partial charge in [0.15, 0.2) is 5.82 Å². The summed E-state index contributed by atoms with van der Waals surface area (Å²) in [5, 5.41) is 12.0. The van der Waals surface area contributed by atoms with Gasteiger partial charge >= 0.3 is 0 Å². The van der Waals surface area contributed by atoms with E-state index < -0.39 is 23.2 Å². The molecule has 0 radical (unpaired) electrons. The quantitative estimate of drug-likeness (QED) is 0.234. The van der Waals surface area contributed by atoms with Gasteiger partial charge in [0.05, 0.1) is 17.5 Å². The summed E-state index contributed by atoms with van der Waals surface area (Å²) in [6.07, 6.45) is 10.8. The molecule has 7 heterocycles. The molecule has 2 amide bonds. The molecule has 53 heavy (non-hydrogen) atoms. The topological polar surface area (TPSA) is 126 Å². The molecule has 2 aliphatic heterocycles. The molecule has 1 aromatic carbocycles. The van der Waals surface area contributed by atoms with Crippen LogP contribution in [0.25, 0.3) is 32.6 Å². The first-order valence-corrected chi connectivity index (χ1v) is 18.5. The van der Waals surface area contributed by atoms with Gasteiger partial charge in [-0.2, -0.15) is 0 Å². The van der Waals surface area contributed by atoms with Crippen molar-refractivity contribution in [1.82, 2.24) is 33.9 Å². The largest absolute Gasteiger partial charge is 0.388 e. The molecular formula is C40H38FN7O4S. The van der Waals surface area contributed by atoms with Crippen LogP contribution < -0.4 is 5.56 Å². The lowest BCUT2D eigenvalue weighted by Crippen LogP contribution is -2.53. The van der Waals surface area contributed by atoms with Crippen LogP contribution in [0.3, 0.4) is 0 Å². The van der Waals surface area contributed by atoms with Crippen LogP contribution in [0.1, 0.15) is 40.4 Å². The Bertz CT molecular complexity index is 2340. The van der Waals surface area contributed by atoms with E-state index in [2.05, 4.69) is 15.0 Å². The van der Waals surface area contributed by atoms with Crippen molar-refractivity contribution in [2.24, 2.45) is 13.0 Å². The number of aryl methyl sites for hydroxylation is 1. The molecule has 0 spiro atoms. The number of pyridine rings is 2. The van der Waals surface area contributed by atoms with Crippen LogP contribution in [0.15, 0.2) is 103 Å². The number of piperidine rings is 2. The Balaban J connectivity index is 1.01. The third kappa shape index (κ3) is 6.55. The van der Waals surface area contributed by atoms with E-state index in [-0.39, 0.29) is 35.4 Å². The summed E-state index contributed by atoms with van der Waals surface area (Å²) in [5.74, 6) is -1.73. The van der Waals surface area contributed by atoms with Crippen molar-refractivity contribution in [3.05, 3.63) is 125 Å². The highest BCUT2D eigenvalue weighted by Crippen LogP contribution is 2.43. The van der Waals surface area contributed by atoms with E-state index in [1.54, 1.807) is 75.7 Å². The number of aliphatic hydroxyl groups is 1. The van der Waals surface area contributed by atoms with E-state index >= 15 is 4.39 Å². The summed E-state index contributed by atoms with van der Waals surface area (Å²) < 4.78 is 19.7. The maximum atomic E-state index is 16.5. The van der Waals surface area contributed by atoms with Crippen molar-refractivity contribution in [1.29, 1.82) is 0 Å². The van der Waals surface area contributed by atoms with E-state index in [0.29, 0.717) is 65.9 Å². The number of carbonyl (C=O) groups is 2. The molecule has 11 nitrogen and oxygen atoms in total. The highest BCUT2D eigenvalue weighted by Gasteiger charge is 2.42. The van der Waals surface area contributed by atoms with Gasteiger partial charge in [-0.3, -0.25) is 28.9 Å². The molecule has 270 valence electrons. The number of aromatic nitrogens is 5. The zero-order valence-electron chi connectivity index (χ0n) is 29.1. The molecule has 6 aromatic rings. The molecule has 0 saturated carbocycles. The average Bonchev–Trinajstić information content (AvgIpc) is 3.75. The lowest BCUT2D eigenvalue weighted by molar-refractivity contribution is -0.142. The number of nitrogens with zero attached hydrogens (tertiary/aromatic N) is 7. The Morgan fingerprint density at radius 3 is 2.30 bits per heavy atom. The molecule has 2 fully saturated rings. The summed E-state index contributed by atoms with van der Waals surface area (Å²) in [7, 11) is 1.83. The normalized spacial score (nSPS) is 18.7. The predicted octanol–water partition coefficient (Wildman–Crippen LogP) is 5.36. The Morgan fingerprint density at radius 2 is 1.60 bits per heavy atom. The van der Waals surface area contributed by atoms with E-state index in [1.807, 2.05) is 37.4 Å². The van der Waals surface area contributed by atoms with Gasteiger partial charge in [-0.1, -0.05) is 30.3 Å². The molecule has 0 aliphatic carbocycles. The average molecular weight is 732 g/mol. The molecule has 13 heteroatoms. The van der Waals surface area contributed by atoms with Gasteiger partial charge in [0.1, 0.15) is 16.9 Å². The molecule has 0 unspecified atom stereocenters. The number of carbonyl (C=O) groups excluding carboxylic acids is 2. The van der Waals surface area contributed by atoms with E-state index in [9.17, 15) is 19.5 Å². The molecule has 2 saturated heterocycles. The molecule has 1 N–H and O–H groups in total. The summed E-state index contributed by atoms with van der Waals surface area (Å²) in [6, 6.07) is 18.5. The fourth-order valence-electron chi connectivity index (χ4n) is 7.79. The summed E-state index contributed by atoms with van der Waals surface area (Å²) in [6.45, 7) is 1.30. The van der Waals surface area contributed by atoms with Crippen molar-refractivity contribution >= 4 is 34.2 Å². The fourth-order valence-corrected chi connectivity index (χ4v) is 8.97. The van der Waals surface area contributed by atoms with E-state index in [0.717, 1.165) is 22.5 Å². The standard InChI is InChI=1S/C40H38FN7O4S/c1-45-19-11-30-36(45)44-25-48(38(30)50)24-40(52)13-21-46(22-14-40)37(49)29-12-20-47(23-31(29)26-5-3-2-4-6-26)39(51)35-33(41)32(27-7-15-42-16-8-27)34(53-35)28-9-17-43-18-10-28/h2-11,15-19,25,29,31,52H,12-14,20-24H2,1H3/t29-,31+/m1/s1. The van der Waals surface area contributed by atoms with Crippen molar-refractivity contribution in [2.45, 2.75) is 37.3 Å². The zero-order chi connectivity index (χ0) is 36.7. The van der Waals surface area contributed by atoms with Crippen LogP contribution in [-0.4, -0.2) is 82.6 Å². The fraction of sp³-hybridized carbons (Fsp3) is 0.300. The van der Waals surface area contributed by atoms with Gasteiger partial charge in [0, 0.05) is 86.5 Å². The first-order chi connectivity index (χ1) is 25.7. The van der Waals surface area contributed by atoms with Crippen molar-refractivity contribution in [2.75, 3.05) is 26.2 Å². The number of rotatable bonds is 7. The van der Waals surface area contributed by atoms with Crippen LogP contribution in [0.5, 0.6) is 0 Å². The number of benzene rings is 1. The van der Waals surface area contributed by atoms with Crippen LogP contribution in [0.4, 0.5) is 4.39 Å². The van der Waals surface area contributed by atoms with Crippen molar-refractivity contribution in [3.63, 3.8) is 0 Å². The zero-order valence-corrected chi connectivity index (χ0v) is 30.0. The highest BCUT2D eigenvalue weighted by molar-refractivity contribution is 7.18. The molecule has 2 atom stereocenters. The Hall–Kier alpha value is -5.53. The lowest BCUT2D eigenvalue weighted by Gasteiger charge is -2.43. The van der Waals surface area contributed by atoms with Crippen molar-refractivity contribution < 1.29 is 19.1 Å². The lowest BCUT2D eigenvalue weighted by atomic mass is 9.79. The predicted molar refractivity (Wildman–Crippen MR) is 200 cm³/mol. The van der Waals surface area contributed by atoms with Gasteiger partial charge in [-0.05, 0) is 66.3 Å². The minimum Gasteiger partial charge on any atom is -0.388 e. The molecule has 2 aliphatic rings. The van der Waals surface area contributed by atoms with Gasteiger partial charge in [-0.15, -0.1) is 11.3 Å². The number of thiophene rings is 1. The maximum absolute atomic E-state index is 16.5. The second-order valence-electron chi connectivity index (χ2n) is 14.0. The number of likely N-dealkylation sites (tertiary alicyclic amines) is 2. The molecule has 5 aromatic heterocycles. The molecule has 0 bridgehead atoms. The SMILES string of the molecule is Cn1ccc2c(=O)n(CC3(O)CCN(C(=O)[C@@H]4CCN(C(=O)c5sc(-c6ccncc6)c(-c6ccncc6)c5F)C[C@H]4c4ccccc4)CC3)cnc21. The highest BCUT2D eigenvalue weighted by atomic mass is 32.1. The number of hydrogen-bond acceptors (Lipinski definition) is 8. The van der Waals surface area contributed by atoms with E-state index in [4.69, 9.17) is 0 Å². The maximum Gasteiger partial charge on any atom is 0.267 e. The van der Waals surface area contributed by atoms with Crippen LogP contribution in [0.2, 0.25) is 0 Å². The second kappa shape index (κ2) is 14.1. The monoisotopic (exact) mass is 731 g/mol. The third-order valence-electron chi connectivity index (χ3n) is 10.7. The van der Waals surface area contributed by atoms with Gasteiger partial charge in [-0.25, -0.2) is 9.37 Å². The first-order valence-electron chi connectivity index (χ1n) is 17.7. The number of amides is 2. The second-order valence-corrected chi connectivity index (χ2v) is 15.0.